The number of likely N-dealkylation sites (tertiary alicyclic amines) is 1. The molecule has 0 bridgehead atoms. The van der Waals surface area contributed by atoms with E-state index >= 15 is 0 Å². The van der Waals surface area contributed by atoms with Gasteiger partial charge in [-0.05, 0) is 52.8 Å². The Kier molecular flexibility index (Phi) is 4.72. The fourth-order valence-corrected chi connectivity index (χ4v) is 7.08. The largest absolute Gasteiger partial charge is 0.297 e. The lowest BCUT2D eigenvalue weighted by Crippen LogP contribution is -2.46. The van der Waals surface area contributed by atoms with Gasteiger partial charge in [0, 0.05) is 26.2 Å². The topological polar surface area (TPSA) is 40.6 Å². The Bertz CT molecular complexity index is 877. The third-order valence-corrected chi connectivity index (χ3v) is 8.41. The molecule has 6 heteroatoms. The number of fused-ring (bicyclic) bond motifs is 2. The number of benzene rings is 1. The van der Waals surface area contributed by atoms with Crippen molar-refractivity contribution in [1.29, 1.82) is 0 Å². The minimum atomic E-state index is -3.41. The molecule has 26 heavy (non-hydrogen) atoms. The molecule has 0 radical (unpaired) electrons. The van der Waals surface area contributed by atoms with Crippen molar-refractivity contribution in [3.8, 4) is 0 Å². The molecule has 1 aromatic carbocycles. The van der Waals surface area contributed by atoms with Gasteiger partial charge in [0.05, 0.1) is 10.4 Å². The zero-order chi connectivity index (χ0) is 18.4. The van der Waals surface area contributed by atoms with Gasteiger partial charge < -0.3 is 0 Å². The van der Waals surface area contributed by atoms with Crippen LogP contribution in [-0.4, -0.2) is 37.3 Å². The number of nitrogens with zero attached hydrogens (tertiary/aromatic N) is 2. The third-order valence-electron chi connectivity index (χ3n) is 5.66. The maximum Gasteiger partial charge on any atom is 0.244 e. The molecule has 0 N–H and O–H groups in total. The molecular weight excluding hydrogens is 364 g/mol. The van der Waals surface area contributed by atoms with Crippen LogP contribution in [0.3, 0.4) is 0 Å². The Balaban J connectivity index is 1.69. The summed E-state index contributed by atoms with van der Waals surface area (Å²) in [6.07, 6.45) is 1.75. The number of sulfonamides is 1. The maximum atomic E-state index is 13.3. The Hall–Kier alpha value is -1.21. The van der Waals surface area contributed by atoms with Gasteiger partial charge >= 0.3 is 0 Å². The SMILES string of the molecule is CC(C)CCN1[C@]2(CCN(Cc3ccsc3)C2)c2ccccc2S1(=O)=O. The molecule has 0 aliphatic carbocycles. The molecular formula is C20H26N2O2S2. The van der Waals surface area contributed by atoms with Crippen LogP contribution in [0, 0.1) is 5.92 Å². The van der Waals surface area contributed by atoms with Gasteiger partial charge in [0.25, 0.3) is 0 Å². The normalized spacial score (nSPS) is 25.3. The van der Waals surface area contributed by atoms with Crippen LogP contribution in [0.15, 0.2) is 46.0 Å². The van der Waals surface area contributed by atoms with E-state index in [9.17, 15) is 8.42 Å². The average molecular weight is 391 g/mol. The molecule has 1 aromatic heterocycles. The van der Waals surface area contributed by atoms with Gasteiger partial charge in [-0.15, -0.1) is 0 Å². The van der Waals surface area contributed by atoms with E-state index in [1.54, 1.807) is 17.4 Å². The second-order valence-corrected chi connectivity index (χ2v) is 10.5. The van der Waals surface area contributed by atoms with Gasteiger partial charge in [-0.25, -0.2) is 8.42 Å². The molecule has 4 nitrogen and oxygen atoms in total. The summed E-state index contributed by atoms with van der Waals surface area (Å²) in [5, 5.41) is 4.28. The number of rotatable bonds is 5. The summed E-state index contributed by atoms with van der Waals surface area (Å²) in [4.78, 5) is 2.92. The molecule has 1 spiro atoms. The maximum absolute atomic E-state index is 13.3. The van der Waals surface area contributed by atoms with E-state index in [1.807, 2.05) is 22.5 Å². The number of hydrogen-bond acceptors (Lipinski definition) is 4. The summed E-state index contributed by atoms with van der Waals surface area (Å²) in [5.41, 5.74) is 1.91. The first-order valence-corrected chi connectivity index (χ1v) is 11.7. The average Bonchev–Trinajstić information content (AvgIpc) is 3.29. The third kappa shape index (κ3) is 2.93. The second kappa shape index (κ2) is 6.75. The molecule has 3 heterocycles. The van der Waals surface area contributed by atoms with Crippen LogP contribution >= 0.6 is 11.3 Å². The minimum absolute atomic E-state index is 0.402. The van der Waals surface area contributed by atoms with Crippen molar-refractivity contribution in [1.82, 2.24) is 9.21 Å². The van der Waals surface area contributed by atoms with Gasteiger partial charge in [-0.3, -0.25) is 4.90 Å². The molecule has 0 amide bonds. The summed E-state index contributed by atoms with van der Waals surface area (Å²) in [5.74, 6) is 0.481. The van der Waals surface area contributed by atoms with E-state index in [2.05, 4.69) is 35.6 Å². The fourth-order valence-electron chi connectivity index (χ4n) is 4.34. The van der Waals surface area contributed by atoms with Crippen LogP contribution < -0.4 is 0 Å². The van der Waals surface area contributed by atoms with Gasteiger partial charge in [0.2, 0.25) is 10.0 Å². The van der Waals surface area contributed by atoms with Crippen molar-refractivity contribution in [3.05, 3.63) is 52.2 Å². The quantitative estimate of drug-likeness (QED) is 0.777. The first kappa shape index (κ1) is 18.2. The van der Waals surface area contributed by atoms with Gasteiger partial charge in [-0.2, -0.15) is 15.6 Å². The Labute approximate surface area is 160 Å². The number of hydrogen-bond donors (Lipinski definition) is 0. The van der Waals surface area contributed by atoms with Crippen LogP contribution in [-0.2, 0) is 22.1 Å². The minimum Gasteiger partial charge on any atom is -0.297 e. The van der Waals surface area contributed by atoms with Gasteiger partial charge in [-0.1, -0.05) is 32.0 Å². The molecule has 0 unspecified atom stereocenters. The molecule has 2 aromatic rings. The van der Waals surface area contributed by atoms with Crippen LogP contribution in [0.5, 0.6) is 0 Å². The smallest absolute Gasteiger partial charge is 0.244 e. The molecule has 2 aliphatic heterocycles. The van der Waals surface area contributed by atoms with Crippen LogP contribution in [0.1, 0.15) is 37.8 Å². The van der Waals surface area contributed by atoms with Crippen LogP contribution in [0.25, 0.3) is 0 Å². The van der Waals surface area contributed by atoms with E-state index in [-0.39, 0.29) is 0 Å². The molecule has 0 saturated carbocycles. The molecule has 1 fully saturated rings. The Morgan fingerprint density at radius 1 is 1.23 bits per heavy atom. The van der Waals surface area contributed by atoms with Crippen molar-refractivity contribution in [2.45, 2.75) is 43.7 Å². The van der Waals surface area contributed by atoms with Gasteiger partial charge in [0.1, 0.15) is 0 Å². The highest BCUT2D eigenvalue weighted by molar-refractivity contribution is 7.89. The lowest BCUT2D eigenvalue weighted by molar-refractivity contribution is 0.184. The first-order chi connectivity index (χ1) is 12.4. The highest BCUT2D eigenvalue weighted by atomic mass is 32.2. The summed E-state index contributed by atoms with van der Waals surface area (Å²) < 4.78 is 28.4. The second-order valence-electron chi connectivity index (χ2n) is 7.88. The van der Waals surface area contributed by atoms with Crippen molar-refractivity contribution in [2.75, 3.05) is 19.6 Å². The fraction of sp³-hybridized carbons (Fsp3) is 0.500. The lowest BCUT2D eigenvalue weighted by Gasteiger charge is -2.34. The number of thiophene rings is 1. The van der Waals surface area contributed by atoms with E-state index in [4.69, 9.17) is 0 Å². The van der Waals surface area contributed by atoms with Crippen molar-refractivity contribution in [2.24, 2.45) is 5.92 Å². The zero-order valence-electron chi connectivity index (χ0n) is 15.4. The molecule has 4 rings (SSSR count). The predicted octanol–water partition coefficient (Wildman–Crippen LogP) is 3.90. The molecule has 1 saturated heterocycles. The highest BCUT2D eigenvalue weighted by Gasteiger charge is 2.56. The molecule has 2 aliphatic rings. The lowest BCUT2D eigenvalue weighted by atomic mass is 9.88. The van der Waals surface area contributed by atoms with E-state index in [1.165, 1.54) is 5.56 Å². The van der Waals surface area contributed by atoms with Crippen LogP contribution in [0.4, 0.5) is 0 Å². The Morgan fingerprint density at radius 3 is 2.77 bits per heavy atom. The Morgan fingerprint density at radius 2 is 2.04 bits per heavy atom. The molecule has 1 atom stereocenters. The summed E-state index contributed by atoms with van der Waals surface area (Å²) >= 11 is 1.71. The van der Waals surface area contributed by atoms with E-state index in [0.717, 1.165) is 38.0 Å². The van der Waals surface area contributed by atoms with Crippen molar-refractivity contribution >= 4 is 21.4 Å². The standard InChI is InChI=1S/C20H26N2O2S2/c1-16(2)7-10-22-20(18-5-3-4-6-19(18)26(22,23)24)9-11-21(15-20)13-17-8-12-25-14-17/h3-6,8,12,14,16H,7,9-11,13,15H2,1-2H3/t20-/m0/s1. The van der Waals surface area contributed by atoms with E-state index < -0.39 is 15.6 Å². The zero-order valence-corrected chi connectivity index (χ0v) is 17.0. The van der Waals surface area contributed by atoms with E-state index in [0.29, 0.717) is 17.4 Å². The van der Waals surface area contributed by atoms with Crippen molar-refractivity contribution in [3.63, 3.8) is 0 Å². The highest BCUT2D eigenvalue weighted by Crippen LogP contribution is 2.49. The summed E-state index contributed by atoms with van der Waals surface area (Å²) in [6, 6.07) is 9.78. The van der Waals surface area contributed by atoms with Gasteiger partial charge in [0.15, 0.2) is 0 Å². The molecule has 140 valence electrons. The summed E-state index contributed by atoms with van der Waals surface area (Å²) in [7, 11) is -3.41. The monoisotopic (exact) mass is 390 g/mol. The summed E-state index contributed by atoms with van der Waals surface area (Å²) in [6.45, 7) is 7.50. The van der Waals surface area contributed by atoms with Crippen molar-refractivity contribution < 1.29 is 8.42 Å². The van der Waals surface area contributed by atoms with Crippen LogP contribution in [0.2, 0.25) is 0 Å². The predicted molar refractivity (Wildman–Crippen MR) is 106 cm³/mol. The first-order valence-electron chi connectivity index (χ1n) is 9.29.